The van der Waals surface area contributed by atoms with E-state index in [1.165, 1.54) is 38.1 Å². The van der Waals surface area contributed by atoms with Crippen molar-refractivity contribution in [3.8, 4) is 11.1 Å². The van der Waals surface area contributed by atoms with E-state index in [0.29, 0.717) is 29.1 Å². The van der Waals surface area contributed by atoms with Crippen LogP contribution in [0.25, 0.3) is 11.1 Å². The highest BCUT2D eigenvalue weighted by Crippen LogP contribution is 2.34. The van der Waals surface area contributed by atoms with Gasteiger partial charge in [-0.15, -0.1) is 0 Å². The van der Waals surface area contributed by atoms with Gasteiger partial charge in [-0.25, -0.2) is 4.98 Å². The quantitative estimate of drug-likeness (QED) is 0.862. The van der Waals surface area contributed by atoms with Gasteiger partial charge in [-0.1, -0.05) is 12.1 Å². The number of fused-ring (bicyclic) bond motifs is 3. The van der Waals surface area contributed by atoms with E-state index in [-0.39, 0.29) is 0 Å². The molecule has 0 radical (unpaired) electrons. The van der Waals surface area contributed by atoms with E-state index in [0.717, 1.165) is 11.9 Å². The molecule has 3 nitrogen and oxygen atoms in total. The number of piperidine rings is 3. The molecule has 0 aliphatic carbocycles. The number of nitrogens with one attached hydrogen (secondary N) is 1. The smallest absolute Gasteiger partial charge is 0.365 e. The van der Waals surface area contributed by atoms with Gasteiger partial charge < -0.3 is 5.32 Å². The lowest BCUT2D eigenvalue weighted by atomic mass is 9.79. The van der Waals surface area contributed by atoms with E-state index < -0.39 is 11.7 Å². The fourth-order valence-corrected chi connectivity index (χ4v) is 4.24. The molecule has 0 unspecified atom stereocenters. The van der Waals surface area contributed by atoms with Gasteiger partial charge in [0.2, 0.25) is 0 Å². The van der Waals surface area contributed by atoms with Crippen molar-refractivity contribution >= 4 is 5.82 Å². The minimum Gasteiger partial charge on any atom is -0.365 e. The third kappa shape index (κ3) is 3.30. The molecule has 0 saturated carbocycles. The molecule has 3 aliphatic heterocycles. The Hall–Kier alpha value is -2.08. The summed E-state index contributed by atoms with van der Waals surface area (Å²) in [5.74, 6) is 1.45. The summed E-state index contributed by atoms with van der Waals surface area (Å²) in [5.41, 5.74) is 0.567. The molecule has 2 atom stereocenters. The van der Waals surface area contributed by atoms with E-state index in [4.69, 9.17) is 0 Å². The zero-order valence-electron chi connectivity index (χ0n) is 14.6. The number of aromatic nitrogens is 1. The highest BCUT2D eigenvalue weighted by Gasteiger charge is 2.39. The Kier molecular flexibility index (Phi) is 4.39. The number of halogens is 3. The molecule has 4 heterocycles. The summed E-state index contributed by atoms with van der Waals surface area (Å²) in [6.45, 7) is 4.60. The average Bonchev–Trinajstić information content (AvgIpc) is 2.65. The average molecular weight is 361 g/mol. The Balaban J connectivity index is 1.51. The van der Waals surface area contributed by atoms with Crippen molar-refractivity contribution in [3.05, 3.63) is 48.2 Å². The van der Waals surface area contributed by atoms with Crippen molar-refractivity contribution in [3.63, 3.8) is 0 Å². The highest BCUT2D eigenvalue weighted by atomic mass is 19.4. The van der Waals surface area contributed by atoms with Crippen LogP contribution in [0.15, 0.2) is 42.6 Å². The molecule has 138 valence electrons. The summed E-state index contributed by atoms with van der Waals surface area (Å²) >= 11 is 0. The van der Waals surface area contributed by atoms with Gasteiger partial charge in [0.25, 0.3) is 0 Å². The van der Waals surface area contributed by atoms with Gasteiger partial charge >= 0.3 is 6.18 Å². The zero-order valence-corrected chi connectivity index (χ0v) is 14.6. The first kappa shape index (κ1) is 17.3. The molecule has 5 rings (SSSR count). The first-order valence-corrected chi connectivity index (χ1v) is 9.06. The summed E-state index contributed by atoms with van der Waals surface area (Å²) in [5, 5.41) is 3.54. The Labute approximate surface area is 151 Å². The molecular weight excluding hydrogens is 339 g/mol. The van der Waals surface area contributed by atoms with Crippen LogP contribution >= 0.6 is 0 Å². The van der Waals surface area contributed by atoms with Crippen LogP contribution in [0.5, 0.6) is 0 Å². The molecule has 6 heteroatoms. The number of hydrogen-bond donors (Lipinski definition) is 1. The number of nitrogens with zero attached hydrogens (tertiary/aromatic N) is 2. The molecule has 2 aromatic rings. The Morgan fingerprint density at radius 3 is 2.46 bits per heavy atom. The SMILES string of the molecule is C[C@@H]1[C@@H](Nc2ccc(-c3cccc(C(F)(F)F)c3)cn2)C2CCN1CC2. The summed E-state index contributed by atoms with van der Waals surface area (Å²) in [4.78, 5) is 6.96. The second-order valence-electron chi connectivity index (χ2n) is 7.29. The van der Waals surface area contributed by atoms with Gasteiger partial charge in [0, 0.05) is 23.8 Å². The van der Waals surface area contributed by atoms with Crippen LogP contribution in [0.1, 0.15) is 25.3 Å². The Morgan fingerprint density at radius 2 is 1.85 bits per heavy atom. The number of pyridine rings is 1. The maximum Gasteiger partial charge on any atom is 0.416 e. The Morgan fingerprint density at radius 1 is 1.08 bits per heavy atom. The largest absolute Gasteiger partial charge is 0.416 e. The van der Waals surface area contributed by atoms with Crippen molar-refractivity contribution in [1.29, 1.82) is 0 Å². The molecule has 26 heavy (non-hydrogen) atoms. The molecule has 2 bridgehead atoms. The Bertz CT molecular complexity index is 763. The van der Waals surface area contributed by atoms with E-state index in [1.54, 1.807) is 12.3 Å². The first-order chi connectivity index (χ1) is 12.4. The van der Waals surface area contributed by atoms with Gasteiger partial charge in [0.1, 0.15) is 5.82 Å². The van der Waals surface area contributed by atoms with Crippen LogP contribution in [-0.2, 0) is 6.18 Å². The van der Waals surface area contributed by atoms with Crippen molar-refractivity contribution < 1.29 is 13.2 Å². The maximum atomic E-state index is 12.9. The summed E-state index contributed by atoms with van der Waals surface area (Å²) in [7, 11) is 0. The van der Waals surface area contributed by atoms with E-state index in [2.05, 4.69) is 22.1 Å². The van der Waals surface area contributed by atoms with Crippen LogP contribution in [0.4, 0.5) is 19.0 Å². The first-order valence-electron chi connectivity index (χ1n) is 9.06. The van der Waals surface area contributed by atoms with Gasteiger partial charge in [-0.05, 0) is 68.6 Å². The topological polar surface area (TPSA) is 28.2 Å². The molecule has 1 aromatic heterocycles. The summed E-state index contributed by atoms with van der Waals surface area (Å²) in [6.07, 6.45) is -0.269. The lowest BCUT2D eigenvalue weighted by Gasteiger charge is -2.50. The third-order valence-electron chi connectivity index (χ3n) is 5.78. The van der Waals surface area contributed by atoms with E-state index in [9.17, 15) is 13.2 Å². The van der Waals surface area contributed by atoms with Gasteiger partial charge in [0.15, 0.2) is 0 Å². The van der Waals surface area contributed by atoms with Crippen molar-refractivity contribution in [2.24, 2.45) is 5.92 Å². The standard InChI is InChI=1S/C20H22F3N3/c1-13-19(14-7-9-26(13)10-8-14)25-18-6-5-16(12-24-18)15-3-2-4-17(11-15)20(21,22)23/h2-6,11-14,19H,7-10H2,1H3,(H,24,25)/t13-,19-/m1/s1. The normalized spacial score (nSPS) is 28.2. The lowest BCUT2D eigenvalue weighted by Crippen LogP contribution is -2.59. The molecule has 1 aromatic carbocycles. The van der Waals surface area contributed by atoms with Crippen molar-refractivity contribution in [2.75, 3.05) is 18.4 Å². The fraction of sp³-hybridized carbons (Fsp3) is 0.450. The molecule has 3 aliphatic rings. The second kappa shape index (κ2) is 6.58. The minimum absolute atomic E-state index is 0.379. The number of benzene rings is 1. The number of rotatable bonds is 3. The van der Waals surface area contributed by atoms with Crippen molar-refractivity contribution in [1.82, 2.24) is 9.88 Å². The van der Waals surface area contributed by atoms with Crippen LogP contribution < -0.4 is 5.32 Å². The highest BCUT2D eigenvalue weighted by molar-refractivity contribution is 5.64. The van der Waals surface area contributed by atoms with E-state index in [1.807, 2.05) is 12.1 Å². The maximum absolute atomic E-state index is 12.9. The van der Waals surface area contributed by atoms with Gasteiger partial charge in [-0.3, -0.25) is 4.90 Å². The van der Waals surface area contributed by atoms with Crippen LogP contribution in [0.2, 0.25) is 0 Å². The molecule has 3 fully saturated rings. The second-order valence-corrected chi connectivity index (χ2v) is 7.29. The van der Waals surface area contributed by atoms with Crippen molar-refractivity contribution in [2.45, 2.75) is 38.0 Å². The molecule has 3 saturated heterocycles. The number of hydrogen-bond acceptors (Lipinski definition) is 3. The monoisotopic (exact) mass is 361 g/mol. The molecule has 0 spiro atoms. The summed E-state index contributed by atoms with van der Waals surface area (Å²) < 4.78 is 38.7. The molecule has 1 N–H and O–H groups in total. The molecule has 0 amide bonds. The number of anilines is 1. The predicted octanol–water partition coefficient (Wildman–Crippen LogP) is 4.66. The predicted molar refractivity (Wildman–Crippen MR) is 95.8 cm³/mol. The summed E-state index contributed by atoms with van der Waals surface area (Å²) in [6, 6.07) is 9.91. The van der Waals surface area contributed by atoms with Crippen LogP contribution in [0, 0.1) is 5.92 Å². The lowest BCUT2D eigenvalue weighted by molar-refractivity contribution is -0.137. The number of alkyl halides is 3. The van der Waals surface area contributed by atoms with Crippen LogP contribution in [-0.4, -0.2) is 35.1 Å². The molecular formula is C20H22F3N3. The van der Waals surface area contributed by atoms with Crippen LogP contribution in [0.3, 0.4) is 0 Å². The van der Waals surface area contributed by atoms with Gasteiger partial charge in [-0.2, -0.15) is 13.2 Å². The zero-order chi connectivity index (χ0) is 18.3. The minimum atomic E-state index is -4.34. The third-order valence-corrected chi connectivity index (χ3v) is 5.78. The fourth-order valence-electron chi connectivity index (χ4n) is 4.24. The van der Waals surface area contributed by atoms with E-state index >= 15 is 0 Å². The van der Waals surface area contributed by atoms with Gasteiger partial charge in [0.05, 0.1) is 5.56 Å².